The molecule has 0 aromatic heterocycles. The van der Waals surface area contributed by atoms with E-state index in [2.05, 4.69) is 39.4 Å². The maximum Gasteiger partial charge on any atom is 0.124 e. The van der Waals surface area contributed by atoms with E-state index in [4.69, 9.17) is 4.74 Å². The van der Waals surface area contributed by atoms with Crippen molar-refractivity contribution in [3.8, 4) is 5.75 Å². The van der Waals surface area contributed by atoms with Gasteiger partial charge in [-0.05, 0) is 43.5 Å². The third-order valence-corrected chi connectivity index (χ3v) is 4.63. The number of hydrogen-bond acceptors (Lipinski definition) is 2. The Bertz CT molecular complexity index is 415. The molecule has 2 nitrogen and oxygen atoms in total. The van der Waals surface area contributed by atoms with Gasteiger partial charge in [0.2, 0.25) is 0 Å². The van der Waals surface area contributed by atoms with Crippen LogP contribution in [0.2, 0.25) is 0 Å². The quantitative estimate of drug-likeness (QED) is 0.909. The molecular formula is C15H20BrNO. The zero-order valence-corrected chi connectivity index (χ0v) is 12.2. The number of ether oxygens (including phenoxy) is 1. The van der Waals surface area contributed by atoms with E-state index >= 15 is 0 Å². The van der Waals surface area contributed by atoms with Crippen molar-refractivity contribution in [2.24, 2.45) is 5.92 Å². The van der Waals surface area contributed by atoms with E-state index < -0.39 is 0 Å². The molecule has 98 valence electrons. The van der Waals surface area contributed by atoms with Gasteiger partial charge >= 0.3 is 0 Å². The summed E-state index contributed by atoms with van der Waals surface area (Å²) in [6, 6.07) is 6.79. The van der Waals surface area contributed by atoms with Crippen molar-refractivity contribution in [3.63, 3.8) is 0 Å². The van der Waals surface area contributed by atoms with Crippen LogP contribution >= 0.6 is 15.9 Å². The monoisotopic (exact) mass is 309 g/mol. The molecule has 2 aliphatic rings. The molecule has 0 amide bonds. The first-order valence-electron chi connectivity index (χ1n) is 6.98. The average Bonchev–Trinajstić information content (AvgIpc) is 2.89. The number of nitrogens with one attached hydrogen (secondary N) is 1. The van der Waals surface area contributed by atoms with Crippen molar-refractivity contribution in [2.75, 3.05) is 13.2 Å². The van der Waals surface area contributed by atoms with Crippen LogP contribution in [0.3, 0.4) is 0 Å². The van der Waals surface area contributed by atoms with Gasteiger partial charge in [-0.2, -0.15) is 0 Å². The first-order chi connectivity index (χ1) is 8.83. The highest BCUT2D eigenvalue weighted by Crippen LogP contribution is 2.34. The van der Waals surface area contributed by atoms with E-state index in [1.54, 1.807) is 0 Å². The maximum absolute atomic E-state index is 5.72. The molecular weight excluding hydrogens is 290 g/mol. The van der Waals surface area contributed by atoms with Gasteiger partial charge in [0, 0.05) is 22.5 Å². The first-order valence-corrected chi connectivity index (χ1v) is 7.78. The van der Waals surface area contributed by atoms with Crippen molar-refractivity contribution in [1.29, 1.82) is 0 Å². The number of halogens is 1. The second-order valence-electron chi connectivity index (χ2n) is 5.43. The van der Waals surface area contributed by atoms with Gasteiger partial charge in [-0.25, -0.2) is 0 Å². The van der Waals surface area contributed by atoms with Crippen LogP contribution in [0, 0.1) is 5.92 Å². The Balaban J connectivity index is 1.68. The Morgan fingerprint density at radius 3 is 2.89 bits per heavy atom. The van der Waals surface area contributed by atoms with E-state index in [1.807, 2.05) is 0 Å². The molecule has 1 N–H and O–H groups in total. The second-order valence-corrected chi connectivity index (χ2v) is 6.35. The molecule has 0 bridgehead atoms. The lowest BCUT2D eigenvalue weighted by Gasteiger charge is -2.28. The van der Waals surface area contributed by atoms with Crippen LogP contribution in [-0.2, 0) is 0 Å². The highest BCUT2D eigenvalue weighted by molar-refractivity contribution is 9.10. The lowest BCUT2D eigenvalue weighted by atomic mass is 9.99. The van der Waals surface area contributed by atoms with Crippen molar-refractivity contribution < 1.29 is 4.74 Å². The molecule has 1 aliphatic carbocycles. The lowest BCUT2D eigenvalue weighted by Crippen LogP contribution is -2.30. The summed E-state index contributed by atoms with van der Waals surface area (Å²) in [6.45, 7) is 1.99. The first kappa shape index (κ1) is 12.5. The summed E-state index contributed by atoms with van der Waals surface area (Å²) in [7, 11) is 0. The predicted molar refractivity (Wildman–Crippen MR) is 77.0 cm³/mol. The van der Waals surface area contributed by atoms with E-state index in [9.17, 15) is 0 Å². The molecule has 1 aliphatic heterocycles. The third kappa shape index (κ3) is 2.72. The van der Waals surface area contributed by atoms with Gasteiger partial charge in [-0.15, -0.1) is 0 Å². The summed E-state index contributed by atoms with van der Waals surface area (Å²) >= 11 is 3.55. The molecule has 0 saturated heterocycles. The molecule has 1 atom stereocenters. The number of rotatable bonds is 3. The van der Waals surface area contributed by atoms with E-state index in [0.29, 0.717) is 6.04 Å². The van der Waals surface area contributed by atoms with E-state index in [1.165, 1.54) is 31.2 Å². The van der Waals surface area contributed by atoms with Gasteiger partial charge in [0.05, 0.1) is 6.61 Å². The molecule has 18 heavy (non-hydrogen) atoms. The minimum atomic E-state index is 0.465. The fraction of sp³-hybridized carbons (Fsp3) is 0.600. The van der Waals surface area contributed by atoms with Gasteiger partial charge in [-0.3, -0.25) is 0 Å². The zero-order chi connectivity index (χ0) is 12.4. The molecule has 1 heterocycles. The summed E-state index contributed by atoms with van der Waals surface area (Å²) in [6.07, 6.45) is 6.73. The number of hydrogen-bond donors (Lipinski definition) is 1. The molecule has 1 unspecified atom stereocenters. The second kappa shape index (κ2) is 5.62. The van der Waals surface area contributed by atoms with Crippen LogP contribution in [0.25, 0.3) is 0 Å². The Labute approximate surface area is 117 Å². The summed E-state index contributed by atoms with van der Waals surface area (Å²) < 4.78 is 6.86. The largest absolute Gasteiger partial charge is 0.493 e. The molecule has 1 aromatic carbocycles. The van der Waals surface area contributed by atoms with Crippen molar-refractivity contribution in [1.82, 2.24) is 5.32 Å². The number of fused-ring (bicyclic) bond motifs is 1. The van der Waals surface area contributed by atoms with Gasteiger partial charge in [-0.1, -0.05) is 28.8 Å². The van der Waals surface area contributed by atoms with Gasteiger partial charge in [0.15, 0.2) is 0 Å². The highest BCUT2D eigenvalue weighted by atomic mass is 79.9. The highest BCUT2D eigenvalue weighted by Gasteiger charge is 2.23. The van der Waals surface area contributed by atoms with Gasteiger partial charge < -0.3 is 10.1 Å². The minimum Gasteiger partial charge on any atom is -0.493 e. The van der Waals surface area contributed by atoms with E-state index in [-0.39, 0.29) is 0 Å². The SMILES string of the molecule is Brc1ccc2c(c1)C(NCC1CCCC1)CCO2. The molecule has 1 fully saturated rings. The molecule has 1 aromatic rings. The van der Waals surface area contributed by atoms with Crippen LogP contribution in [0.15, 0.2) is 22.7 Å². The normalized spacial score (nSPS) is 23.7. The predicted octanol–water partition coefficient (Wildman–Crippen LogP) is 4.05. The summed E-state index contributed by atoms with van der Waals surface area (Å²) in [4.78, 5) is 0. The van der Waals surface area contributed by atoms with Crippen LogP contribution in [-0.4, -0.2) is 13.2 Å². The standard InChI is InChI=1S/C15H20BrNO/c16-12-5-6-15-13(9-12)14(7-8-18-15)17-10-11-3-1-2-4-11/h5-6,9,11,14,17H,1-4,7-8,10H2. The maximum atomic E-state index is 5.72. The van der Waals surface area contributed by atoms with Crippen LogP contribution in [0.5, 0.6) is 5.75 Å². The van der Waals surface area contributed by atoms with Crippen LogP contribution in [0.4, 0.5) is 0 Å². The summed E-state index contributed by atoms with van der Waals surface area (Å²) in [5.74, 6) is 1.94. The Morgan fingerprint density at radius 1 is 1.22 bits per heavy atom. The van der Waals surface area contributed by atoms with E-state index in [0.717, 1.165) is 35.7 Å². The summed E-state index contributed by atoms with van der Waals surface area (Å²) in [5, 5.41) is 3.75. The van der Waals surface area contributed by atoms with Gasteiger partial charge in [0.25, 0.3) is 0 Å². The molecule has 3 heteroatoms. The minimum absolute atomic E-state index is 0.465. The van der Waals surface area contributed by atoms with Crippen molar-refractivity contribution in [2.45, 2.75) is 38.1 Å². The smallest absolute Gasteiger partial charge is 0.124 e. The van der Waals surface area contributed by atoms with Gasteiger partial charge in [0.1, 0.15) is 5.75 Å². The van der Waals surface area contributed by atoms with Crippen molar-refractivity contribution >= 4 is 15.9 Å². The molecule has 1 saturated carbocycles. The number of benzene rings is 1. The molecule has 0 radical (unpaired) electrons. The molecule has 0 spiro atoms. The van der Waals surface area contributed by atoms with Crippen LogP contribution in [0.1, 0.15) is 43.7 Å². The van der Waals surface area contributed by atoms with Crippen molar-refractivity contribution in [3.05, 3.63) is 28.2 Å². The Kier molecular flexibility index (Phi) is 3.90. The fourth-order valence-corrected chi connectivity index (χ4v) is 3.48. The average molecular weight is 310 g/mol. The Morgan fingerprint density at radius 2 is 2.06 bits per heavy atom. The zero-order valence-electron chi connectivity index (χ0n) is 10.6. The van der Waals surface area contributed by atoms with Crippen LogP contribution < -0.4 is 10.1 Å². The Hall–Kier alpha value is -0.540. The molecule has 3 rings (SSSR count). The lowest BCUT2D eigenvalue weighted by molar-refractivity contribution is 0.248. The topological polar surface area (TPSA) is 21.3 Å². The third-order valence-electron chi connectivity index (χ3n) is 4.14. The fourth-order valence-electron chi connectivity index (χ4n) is 3.10. The summed E-state index contributed by atoms with van der Waals surface area (Å²) in [5.41, 5.74) is 1.31.